The maximum absolute atomic E-state index is 3.69. The van der Waals surface area contributed by atoms with E-state index in [2.05, 4.69) is 35.9 Å². The average molecular weight is 281 g/mol. The van der Waals surface area contributed by atoms with Crippen LogP contribution in [0.1, 0.15) is 52.9 Å². The molecule has 2 unspecified atom stereocenters. The first-order valence-corrected chi connectivity index (χ1v) is 8.85. The van der Waals surface area contributed by atoms with Crippen LogP contribution in [0.2, 0.25) is 0 Å². The Hall–Kier alpha value is -0.120. The maximum atomic E-state index is 3.69. The highest BCUT2D eigenvalue weighted by molar-refractivity contribution is 4.85. The number of hydrogen-bond acceptors (Lipinski definition) is 3. The minimum absolute atomic E-state index is 0.675. The Balaban J connectivity index is 1.54. The lowest BCUT2D eigenvalue weighted by atomic mass is 10.0. The predicted molar refractivity (Wildman–Crippen MR) is 87.2 cm³/mol. The van der Waals surface area contributed by atoms with E-state index in [1.54, 1.807) is 0 Å². The van der Waals surface area contributed by atoms with Crippen LogP contribution < -0.4 is 5.32 Å². The van der Waals surface area contributed by atoms with Gasteiger partial charge in [0.2, 0.25) is 0 Å². The largest absolute Gasteiger partial charge is 0.313 e. The van der Waals surface area contributed by atoms with Crippen LogP contribution in [0.15, 0.2) is 0 Å². The second kappa shape index (κ2) is 8.35. The van der Waals surface area contributed by atoms with Gasteiger partial charge in [-0.3, -0.25) is 4.90 Å². The van der Waals surface area contributed by atoms with E-state index in [1.807, 2.05) is 0 Å². The van der Waals surface area contributed by atoms with Crippen molar-refractivity contribution in [1.29, 1.82) is 0 Å². The zero-order chi connectivity index (χ0) is 14.4. The van der Waals surface area contributed by atoms with Crippen LogP contribution in [0.3, 0.4) is 0 Å². The molecule has 0 aromatic carbocycles. The van der Waals surface area contributed by atoms with Gasteiger partial charge in [0.15, 0.2) is 0 Å². The second-order valence-corrected chi connectivity index (χ2v) is 7.31. The molecule has 0 amide bonds. The van der Waals surface area contributed by atoms with E-state index < -0.39 is 0 Å². The van der Waals surface area contributed by atoms with Gasteiger partial charge in [-0.2, -0.15) is 0 Å². The molecule has 0 aliphatic carbocycles. The lowest BCUT2D eigenvalue weighted by Crippen LogP contribution is -2.38. The van der Waals surface area contributed by atoms with Crippen molar-refractivity contribution in [2.75, 3.05) is 39.3 Å². The fraction of sp³-hybridized carbons (Fsp3) is 1.00. The highest BCUT2D eigenvalue weighted by Crippen LogP contribution is 2.19. The van der Waals surface area contributed by atoms with E-state index >= 15 is 0 Å². The number of likely N-dealkylation sites (tertiary alicyclic amines) is 2. The third-order valence-corrected chi connectivity index (χ3v) is 5.00. The summed E-state index contributed by atoms with van der Waals surface area (Å²) < 4.78 is 0. The summed E-state index contributed by atoms with van der Waals surface area (Å²) in [6.07, 6.45) is 6.89. The Morgan fingerprint density at radius 2 is 1.80 bits per heavy atom. The molecule has 2 aliphatic rings. The molecule has 0 bridgehead atoms. The minimum Gasteiger partial charge on any atom is -0.313 e. The van der Waals surface area contributed by atoms with Crippen molar-refractivity contribution in [1.82, 2.24) is 15.1 Å². The topological polar surface area (TPSA) is 18.5 Å². The molecule has 0 radical (unpaired) electrons. The standard InChI is InChI=1S/C17H35N3/c1-15(2)6-7-16(3)18-9-13-19-12-8-17(14-19)20-10-4-5-11-20/h15-18H,4-14H2,1-3H3. The zero-order valence-corrected chi connectivity index (χ0v) is 13.9. The van der Waals surface area contributed by atoms with E-state index in [1.165, 1.54) is 64.8 Å². The van der Waals surface area contributed by atoms with Crippen molar-refractivity contribution in [3.8, 4) is 0 Å². The molecule has 0 aromatic rings. The Labute approximate surface area is 126 Å². The van der Waals surface area contributed by atoms with Gasteiger partial charge in [-0.25, -0.2) is 0 Å². The summed E-state index contributed by atoms with van der Waals surface area (Å²) in [6, 6.07) is 1.53. The molecular weight excluding hydrogens is 246 g/mol. The first-order chi connectivity index (χ1) is 9.65. The molecule has 20 heavy (non-hydrogen) atoms. The summed E-state index contributed by atoms with van der Waals surface area (Å²) in [5, 5.41) is 3.69. The number of hydrogen-bond donors (Lipinski definition) is 1. The molecule has 2 aliphatic heterocycles. The van der Waals surface area contributed by atoms with E-state index in [0.717, 1.165) is 18.5 Å². The lowest BCUT2D eigenvalue weighted by Gasteiger charge is -2.24. The smallest absolute Gasteiger partial charge is 0.0235 e. The van der Waals surface area contributed by atoms with Crippen LogP contribution in [0.5, 0.6) is 0 Å². The fourth-order valence-electron chi connectivity index (χ4n) is 3.57. The highest BCUT2D eigenvalue weighted by Gasteiger charge is 2.28. The molecule has 2 rings (SSSR count). The summed E-state index contributed by atoms with van der Waals surface area (Å²) in [7, 11) is 0. The van der Waals surface area contributed by atoms with Gasteiger partial charge >= 0.3 is 0 Å². The summed E-state index contributed by atoms with van der Waals surface area (Å²) in [5.41, 5.74) is 0. The Bertz CT molecular complexity index is 261. The number of nitrogens with one attached hydrogen (secondary N) is 1. The van der Waals surface area contributed by atoms with Crippen LogP contribution >= 0.6 is 0 Å². The van der Waals surface area contributed by atoms with Crippen molar-refractivity contribution in [3.63, 3.8) is 0 Å². The third kappa shape index (κ3) is 5.34. The maximum Gasteiger partial charge on any atom is 0.0235 e. The summed E-state index contributed by atoms with van der Waals surface area (Å²) in [4.78, 5) is 5.38. The Morgan fingerprint density at radius 1 is 1.05 bits per heavy atom. The van der Waals surface area contributed by atoms with Crippen molar-refractivity contribution < 1.29 is 0 Å². The zero-order valence-electron chi connectivity index (χ0n) is 13.9. The van der Waals surface area contributed by atoms with Crippen molar-refractivity contribution in [3.05, 3.63) is 0 Å². The molecular formula is C17H35N3. The van der Waals surface area contributed by atoms with Gasteiger partial charge in [0.05, 0.1) is 0 Å². The number of nitrogens with zero attached hydrogens (tertiary/aromatic N) is 2. The van der Waals surface area contributed by atoms with Gasteiger partial charge in [0, 0.05) is 31.7 Å². The van der Waals surface area contributed by atoms with Crippen LogP contribution in [0.4, 0.5) is 0 Å². The average Bonchev–Trinajstić information content (AvgIpc) is 3.06. The minimum atomic E-state index is 0.675. The quantitative estimate of drug-likeness (QED) is 0.738. The predicted octanol–water partition coefficient (Wildman–Crippen LogP) is 2.57. The molecule has 2 heterocycles. The lowest BCUT2D eigenvalue weighted by molar-refractivity contribution is 0.231. The fourth-order valence-corrected chi connectivity index (χ4v) is 3.57. The van der Waals surface area contributed by atoms with Gasteiger partial charge in [0.1, 0.15) is 0 Å². The Morgan fingerprint density at radius 3 is 2.50 bits per heavy atom. The molecule has 2 fully saturated rings. The number of rotatable bonds is 8. The molecule has 0 saturated carbocycles. The van der Waals surface area contributed by atoms with Crippen LogP contribution in [0.25, 0.3) is 0 Å². The van der Waals surface area contributed by atoms with Crippen LogP contribution in [-0.4, -0.2) is 61.2 Å². The third-order valence-electron chi connectivity index (χ3n) is 5.00. The van der Waals surface area contributed by atoms with Gasteiger partial charge < -0.3 is 10.2 Å². The molecule has 2 atom stereocenters. The molecule has 118 valence electrons. The van der Waals surface area contributed by atoms with Gasteiger partial charge in [0.25, 0.3) is 0 Å². The first kappa shape index (κ1) is 16.3. The highest BCUT2D eigenvalue weighted by atomic mass is 15.3. The van der Waals surface area contributed by atoms with E-state index in [9.17, 15) is 0 Å². The van der Waals surface area contributed by atoms with E-state index in [4.69, 9.17) is 0 Å². The Kier molecular flexibility index (Phi) is 6.79. The molecule has 1 N–H and O–H groups in total. The van der Waals surface area contributed by atoms with Crippen molar-refractivity contribution in [2.45, 2.75) is 65.0 Å². The second-order valence-electron chi connectivity index (χ2n) is 7.31. The van der Waals surface area contributed by atoms with Crippen LogP contribution in [-0.2, 0) is 0 Å². The van der Waals surface area contributed by atoms with E-state index in [-0.39, 0.29) is 0 Å². The normalized spacial score (nSPS) is 26.7. The summed E-state index contributed by atoms with van der Waals surface area (Å²) in [6.45, 7) is 14.7. The summed E-state index contributed by atoms with van der Waals surface area (Å²) in [5.74, 6) is 0.832. The van der Waals surface area contributed by atoms with Gasteiger partial charge in [-0.05, 0) is 64.6 Å². The molecule has 0 aromatic heterocycles. The summed E-state index contributed by atoms with van der Waals surface area (Å²) >= 11 is 0. The van der Waals surface area contributed by atoms with Gasteiger partial charge in [-0.1, -0.05) is 13.8 Å². The molecule has 2 saturated heterocycles. The molecule has 0 spiro atoms. The van der Waals surface area contributed by atoms with Crippen molar-refractivity contribution >= 4 is 0 Å². The SMILES string of the molecule is CC(C)CCC(C)NCCN1CCC(N2CCCC2)C1. The molecule has 3 heteroatoms. The van der Waals surface area contributed by atoms with Gasteiger partial charge in [-0.15, -0.1) is 0 Å². The molecule has 3 nitrogen and oxygen atoms in total. The monoisotopic (exact) mass is 281 g/mol. The van der Waals surface area contributed by atoms with Crippen molar-refractivity contribution in [2.24, 2.45) is 5.92 Å². The van der Waals surface area contributed by atoms with E-state index in [0.29, 0.717) is 6.04 Å². The van der Waals surface area contributed by atoms with Crippen LogP contribution in [0, 0.1) is 5.92 Å². The first-order valence-electron chi connectivity index (χ1n) is 8.85.